The molecule has 2 heterocycles. The maximum absolute atomic E-state index is 13.1. The summed E-state index contributed by atoms with van der Waals surface area (Å²) in [6.45, 7) is 7.40. The highest BCUT2D eigenvalue weighted by atomic mass is 19.1. The molecule has 0 aliphatic carbocycles. The predicted octanol–water partition coefficient (Wildman–Crippen LogP) is 3.08. The van der Waals surface area contributed by atoms with Crippen molar-refractivity contribution in [3.63, 3.8) is 0 Å². The van der Waals surface area contributed by atoms with Gasteiger partial charge in [0.25, 0.3) is 5.91 Å². The number of amides is 1. The molecule has 2 aromatic rings. The lowest BCUT2D eigenvalue weighted by molar-refractivity contribution is 0.0939. The summed E-state index contributed by atoms with van der Waals surface area (Å²) in [5.74, 6) is 0.581. The summed E-state index contributed by atoms with van der Waals surface area (Å²) in [5.41, 5.74) is 1.62. The fraction of sp³-hybridized carbons (Fsp3) is 0.400. The molecule has 26 heavy (non-hydrogen) atoms. The van der Waals surface area contributed by atoms with Crippen molar-refractivity contribution < 1.29 is 9.18 Å². The van der Waals surface area contributed by atoms with Gasteiger partial charge >= 0.3 is 0 Å². The number of benzene rings is 1. The van der Waals surface area contributed by atoms with Crippen LogP contribution in [0, 0.1) is 5.82 Å². The number of hydrogen-bond donors (Lipinski definition) is 1. The zero-order chi connectivity index (χ0) is 18.5. The van der Waals surface area contributed by atoms with E-state index in [1.54, 1.807) is 6.20 Å². The number of piperazine rings is 1. The Kier molecular flexibility index (Phi) is 5.71. The quantitative estimate of drug-likeness (QED) is 0.894. The lowest BCUT2D eigenvalue weighted by Gasteiger charge is -2.36. The summed E-state index contributed by atoms with van der Waals surface area (Å²) >= 11 is 0. The van der Waals surface area contributed by atoms with Gasteiger partial charge in [-0.25, -0.2) is 9.37 Å². The molecule has 1 aromatic carbocycles. The Labute approximate surface area is 153 Å². The first-order valence-electron chi connectivity index (χ1n) is 9.09. The average Bonchev–Trinajstić information content (AvgIpc) is 2.68. The third kappa shape index (κ3) is 4.31. The predicted molar refractivity (Wildman–Crippen MR) is 102 cm³/mol. The molecule has 1 amide bonds. The zero-order valence-electron chi connectivity index (χ0n) is 15.3. The van der Waals surface area contributed by atoms with Crippen molar-refractivity contribution in [2.45, 2.75) is 26.3 Å². The molecule has 0 spiro atoms. The number of carbonyl (C=O) groups excluding carboxylic acids is 1. The number of hydrogen-bond acceptors (Lipinski definition) is 4. The van der Waals surface area contributed by atoms with E-state index in [4.69, 9.17) is 0 Å². The molecule has 1 saturated heterocycles. The number of halogens is 1. The van der Waals surface area contributed by atoms with E-state index in [1.165, 1.54) is 12.1 Å². The monoisotopic (exact) mass is 356 g/mol. The highest BCUT2D eigenvalue weighted by molar-refractivity contribution is 5.94. The molecule has 1 unspecified atom stereocenters. The van der Waals surface area contributed by atoms with Crippen LogP contribution in [0.4, 0.5) is 15.9 Å². The van der Waals surface area contributed by atoms with Gasteiger partial charge in [0, 0.05) is 44.1 Å². The summed E-state index contributed by atoms with van der Waals surface area (Å²) < 4.78 is 13.1. The molecule has 1 atom stereocenters. The van der Waals surface area contributed by atoms with E-state index in [0.29, 0.717) is 5.56 Å². The molecular weight excluding hydrogens is 331 g/mol. The second kappa shape index (κ2) is 8.17. The first-order chi connectivity index (χ1) is 12.6. The van der Waals surface area contributed by atoms with E-state index in [9.17, 15) is 9.18 Å². The Hall–Kier alpha value is -2.63. The Morgan fingerprint density at radius 1 is 1.12 bits per heavy atom. The van der Waals surface area contributed by atoms with E-state index < -0.39 is 0 Å². The lowest BCUT2D eigenvalue weighted by Crippen LogP contribution is -2.46. The second-order valence-electron chi connectivity index (χ2n) is 6.64. The molecule has 6 heteroatoms. The Morgan fingerprint density at radius 3 is 2.35 bits per heavy atom. The van der Waals surface area contributed by atoms with Crippen LogP contribution in [-0.2, 0) is 0 Å². The normalized spacial score (nSPS) is 15.7. The molecule has 0 saturated carbocycles. The van der Waals surface area contributed by atoms with Gasteiger partial charge in [0.1, 0.15) is 11.6 Å². The third-order valence-electron chi connectivity index (χ3n) is 4.80. The number of aromatic nitrogens is 1. The lowest BCUT2D eigenvalue weighted by atomic mass is 10.2. The molecule has 3 rings (SSSR count). The molecule has 0 bridgehead atoms. The van der Waals surface area contributed by atoms with Gasteiger partial charge in [0.2, 0.25) is 0 Å². The van der Waals surface area contributed by atoms with E-state index in [2.05, 4.69) is 20.1 Å². The van der Waals surface area contributed by atoms with E-state index >= 15 is 0 Å². The SMILES string of the molecule is CCC(C)NC(=O)c1ccc(N2CCN(c3ccc(F)cc3)CC2)nc1. The van der Waals surface area contributed by atoms with Crippen LogP contribution in [0.2, 0.25) is 0 Å². The van der Waals surface area contributed by atoms with Gasteiger partial charge in [-0.2, -0.15) is 0 Å². The summed E-state index contributed by atoms with van der Waals surface area (Å²) in [5, 5.41) is 2.95. The summed E-state index contributed by atoms with van der Waals surface area (Å²) in [6.07, 6.45) is 2.54. The van der Waals surface area contributed by atoms with Crippen LogP contribution in [0.25, 0.3) is 0 Å². The van der Waals surface area contributed by atoms with Gasteiger partial charge in [-0.3, -0.25) is 4.79 Å². The van der Waals surface area contributed by atoms with Gasteiger partial charge in [-0.1, -0.05) is 6.92 Å². The molecule has 1 fully saturated rings. The van der Waals surface area contributed by atoms with Crippen LogP contribution in [0.15, 0.2) is 42.6 Å². The van der Waals surface area contributed by atoms with Crippen LogP contribution in [0.1, 0.15) is 30.6 Å². The number of nitrogens with one attached hydrogen (secondary N) is 1. The molecule has 1 aromatic heterocycles. The van der Waals surface area contributed by atoms with Crippen molar-refractivity contribution in [2.24, 2.45) is 0 Å². The third-order valence-corrected chi connectivity index (χ3v) is 4.80. The summed E-state index contributed by atoms with van der Waals surface area (Å²) in [7, 11) is 0. The summed E-state index contributed by atoms with van der Waals surface area (Å²) in [4.78, 5) is 21.0. The fourth-order valence-corrected chi connectivity index (χ4v) is 2.96. The van der Waals surface area contributed by atoms with E-state index in [0.717, 1.165) is 44.1 Å². The summed E-state index contributed by atoms with van der Waals surface area (Å²) in [6, 6.07) is 10.5. The molecule has 1 aliphatic heterocycles. The van der Waals surface area contributed by atoms with Crippen molar-refractivity contribution in [3.05, 3.63) is 54.0 Å². The van der Waals surface area contributed by atoms with Gasteiger partial charge in [-0.15, -0.1) is 0 Å². The molecule has 1 N–H and O–H groups in total. The van der Waals surface area contributed by atoms with Crippen LogP contribution in [0.3, 0.4) is 0 Å². The fourth-order valence-electron chi connectivity index (χ4n) is 2.96. The minimum Gasteiger partial charge on any atom is -0.368 e. The van der Waals surface area contributed by atoms with Crippen molar-refractivity contribution in [1.29, 1.82) is 0 Å². The molecule has 0 radical (unpaired) electrons. The first-order valence-corrected chi connectivity index (χ1v) is 9.09. The van der Waals surface area contributed by atoms with Gasteiger partial charge in [-0.05, 0) is 49.7 Å². The van der Waals surface area contributed by atoms with Gasteiger partial charge in [0.05, 0.1) is 5.56 Å². The maximum atomic E-state index is 13.1. The number of nitrogens with zero attached hydrogens (tertiary/aromatic N) is 3. The van der Waals surface area contributed by atoms with Crippen molar-refractivity contribution >= 4 is 17.4 Å². The van der Waals surface area contributed by atoms with Crippen LogP contribution >= 0.6 is 0 Å². The second-order valence-corrected chi connectivity index (χ2v) is 6.64. The van der Waals surface area contributed by atoms with E-state index in [1.807, 2.05) is 38.1 Å². The Morgan fingerprint density at radius 2 is 1.77 bits per heavy atom. The number of anilines is 2. The van der Waals surface area contributed by atoms with Gasteiger partial charge in [0.15, 0.2) is 0 Å². The Balaban J connectivity index is 1.57. The molecule has 5 nitrogen and oxygen atoms in total. The van der Waals surface area contributed by atoms with Crippen molar-refractivity contribution in [3.8, 4) is 0 Å². The van der Waals surface area contributed by atoms with Crippen LogP contribution in [0.5, 0.6) is 0 Å². The highest BCUT2D eigenvalue weighted by Crippen LogP contribution is 2.19. The average molecular weight is 356 g/mol. The molecule has 138 valence electrons. The molecular formula is C20H25FN4O. The first kappa shape index (κ1) is 18.2. The van der Waals surface area contributed by atoms with Gasteiger partial charge < -0.3 is 15.1 Å². The maximum Gasteiger partial charge on any atom is 0.253 e. The highest BCUT2D eigenvalue weighted by Gasteiger charge is 2.19. The zero-order valence-corrected chi connectivity index (χ0v) is 15.3. The minimum absolute atomic E-state index is 0.0838. The van der Waals surface area contributed by atoms with Crippen molar-refractivity contribution in [2.75, 3.05) is 36.0 Å². The van der Waals surface area contributed by atoms with Crippen LogP contribution in [-0.4, -0.2) is 43.1 Å². The largest absolute Gasteiger partial charge is 0.368 e. The number of pyridine rings is 1. The Bertz CT molecular complexity index is 724. The molecule has 1 aliphatic rings. The standard InChI is InChI=1S/C20H25FN4O/c1-3-15(2)23-20(26)16-4-9-19(22-14-16)25-12-10-24(11-13-25)18-7-5-17(21)6-8-18/h4-9,14-15H,3,10-13H2,1-2H3,(H,23,26). The minimum atomic E-state index is -0.214. The van der Waals surface area contributed by atoms with Crippen LogP contribution < -0.4 is 15.1 Å². The number of rotatable bonds is 5. The smallest absolute Gasteiger partial charge is 0.253 e. The van der Waals surface area contributed by atoms with Crippen molar-refractivity contribution in [1.82, 2.24) is 10.3 Å². The topological polar surface area (TPSA) is 48.5 Å². The van der Waals surface area contributed by atoms with E-state index in [-0.39, 0.29) is 17.8 Å². The number of carbonyl (C=O) groups is 1.